The highest BCUT2D eigenvalue weighted by Gasteiger charge is 2.24. The highest BCUT2D eigenvalue weighted by atomic mass is 16.3. The van der Waals surface area contributed by atoms with E-state index in [9.17, 15) is 9.90 Å². The number of aliphatic hydroxyl groups excluding tert-OH is 1. The van der Waals surface area contributed by atoms with Crippen molar-refractivity contribution in [2.75, 3.05) is 6.54 Å². The van der Waals surface area contributed by atoms with Crippen LogP contribution in [0.1, 0.15) is 41.9 Å². The smallest absolute Gasteiger partial charge is 0.273 e. The van der Waals surface area contributed by atoms with Crippen LogP contribution in [-0.2, 0) is 0 Å². The molecule has 1 fully saturated rings. The number of rotatable bonds is 4. The molecule has 1 amide bonds. The van der Waals surface area contributed by atoms with Gasteiger partial charge in [0.15, 0.2) is 12.1 Å². The minimum absolute atomic E-state index is 0.284. The fourth-order valence-electron chi connectivity index (χ4n) is 2.31. The second kappa shape index (κ2) is 5.31. The van der Waals surface area contributed by atoms with Crippen LogP contribution in [0.5, 0.6) is 0 Å². The first-order valence-corrected chi connectivity index (χ1v) is 6.05. The van der Waals surface area contributed by atoms with Gasteiger partial charge in [-0.25, -0.2) is 4.98 Å². The molecule has 0 bridgehead atoms. The number of aromatic nitrogens is 1. The van der Waals surface area contributed by atoms with Gasteiger partial charge in [0.25, 0.3) is 5.91 Å². The SMILES string of the molecule is Cc1ocnc1C(=O)NCC(O)C1CCCC1. The number of hydrogen-bond acceptors (Lipinski definition) is 4. The lowest BCUT2D eigenvalue weighted by Gasteiger charge is -2.17. The van der Waals surface area contributed by atoms with Gasteiger partial charge in [-0.15, -0.1) is 0 Å². The number of nitrogens with zero attached hydrogens (tertiary/aromatic N) is 1. The highest BCUT2D eigenvalue weighted by Crippen LogP contribution is 2.27. The van der Waals surface area contributed by atoms with Crippen molar-refractivity contribution in [1.29, 1.82) is 0 Å². The molecular weight excluding hydrogens is 220 g/mol. The summed E-state index contributed by atoms with van der Waals surface area (Å²) < 4.78 is 4.96. The maximum Gasteiger partial charge on any atom is 0.273 e. The first-order valence-electron chi connectivity index (χ1n) is 6.05. The van der Waals surface area contributed by atoms with E-state index in [0.29, 0.717) is 17.4 Å². The standard InChI is InChI=1S/C12H18N2O3/c1-8-11(14-7-17-8)12(16)13-6-10(15)9-4-2-3-5-9/h7,9-10,15H,2-6H2,1H3,(H,13,16). The Morgan fingerprint density at radius 3 is 2.94 bits per heavy atom. The molecule has 5 heteroatoms. The predicted octanol–water partition coefficient (Wildman–Crippen LogP) is 1.26. The van der Waals surface area contributed by atoms with Gasteiger partial charge in [-0.05, 0) is 25.7 Å². The van der Waals surface area contributed by atoms with Crippen LogP contribution in [0.2, 0.25) is 0 Å². The zero-order chi connectivity index (χ0) is 12.3. The lowest BCUT2D eigenvalue weighted by Crippen LogP contribution is -2.36. The van der Waals surface area contributed by atoms with Crippen LogP contribution in [0, 0.1) is 12.8 Å². The number of carbonyl (C=O) groups is 1. The van der Waals surface area contributed by atoms with Crippen molar-refractivity contribution in [3.8, 4) is 0 Å². The van der Waals surface area contributed by atoms with Gasteiger partial charge in [0, 0.05) is 6.54 Å². The summed E-state index contributed by atoms with van der Waals surface area (Å²) >= 11 is 0. The molecular formula is C12H18N2O3. The van der Waals surface area contributed by atoms with E-state index in [-0.39, 0.29) is 12.5 Å². The van der Waals surface area contributed by atoms with Crippen LogP contribution in [0.25, 0.3) is 0 Å². The van der Waals surface area contributed by atoms with Gasteiger partial charge in [-0.2, -0.15) is 0 Å². The van der Waals surface area contributed by atoms with Crippen molar-refractivity contribution in [3.63, 3.8) is 0 Å². The number of hydrogen-bond donors (Lipinski definition) is 2. The van der Waals surface area contributed by atoms with Gasteiger partial charge in [0.1, 0.15) is 5.76 Å². The summed E-state index contributed by atoms with van der Waals surface area (Å²) in [5.74, 6) is 0.542. The number of aliphatic hydroxyl groups is 1. The molecule has 5 nitrogen and oxygen atoms in total. The van der Waals surface area contributed by atoms with Crippen LogP contribution >= 0.6 is 0 Å². The number of carbonyl (C=O) groups excluding carboxylic acids is 1. The number of aryl methyl sites for hydroxylation is 1. The Labute approximate surface area is 100 Å². The molecule has 0 spiro atoms. The monoisotopic (exact) mass is 238 g/mol. The molecule has 1 aromatic rings. The number of nitrogens with one attached hydrogen (secondary N) is 1. The predicted molar refractivity (Wildman–Crippen MR) is 61.5 cm³/mol. The third-order valence-electron chi connectivity index (χ3n) is 3.38. The summed E-state index contributed by atoms with van der Waals surface area (Å²) in [6.45, 7) is 1.98. The average molecular weight is 238 g/mol. The van der Waals surface area contributed by atoms with Gasteiger partial charge in [0.05, 0.1) is 6.10 Å². The molecule has 1 unspecified atom stereocenters. The number of amides is 1. The molecule has 17 heavy (non-hydrogen) atoms. The van der Waals surface area contributed by atoms with E-state index in [2.05, 4.69) is 10.3 Å². The van der Waals surface area contributed by atoms with Crippen molar-refractivity contribution >= 4 is 5.91 Å². The quantitative estimate of drug-likeness (QED) is 0.828. The molecule has 1 saturated carbocycles. The molecule has 94 valence electrons. The molecule has 1 aliphatic rings. The van der Waals surface area contributed by atoms with E-state index < -0.39 is 6.10 Å². The fourth-order valence-corrected chi connectivity index (χ4v) is 2.31. The first-order chi connectivity index (χ1) is 8.18. The average Bonchev–Trinajstić information content (AvgIpc) is 2.95. The Balaban J connectivity index is 1.82. The van der Waals surface area contributed by atoms with E-state index >= 15 is 0 Å². The van der Waals surface area contributed by atoms with Gasteiger partial charge >= 0.3 is 0 Å². The summed E-state index contributed by atoms with van der Waals surface area (Å²) in [5.41, 5.74) is 0.295. The minimum Gasteiger partial charge on any atom is -0.448 e. The zero-order valence-electron chi connectivity index (χ0n) is 9.98. The largest absolute Gasteiger partial charge is 0.448 e. The summed E-state index contributed by atoms with van der Waals surface area (Å²) in [6.07, 6.45) is 5.27. The molecule has 0 aliphatic heterocycles. The molecule has 1 aromatic heterocycles. The topological polar surface area (TPSA) is 75.4 Å². The fraction of sp³-hybridized carbons (Fsp3) is 0.667. The van der Waals surface area contributed by atoms with Crippen LogP contribution in [0.15, 0.2) is 10.8 Å². The van der Waals surface area contributed by atoms with Gasteiger partial charge in [-0.1, -0.05) is 12.8 Å². The van der Waals surface area contributed by atoms with Crippen molar-refractivity contribution in [1.82, 2.24) is 10.3 Å². The molecule has 0 radical (unpaired) electrons. The van der Waals surface area contributed by atoms with E-state index in [4.69, 9.17) is 4.42 Å². The normalized spacial score (nSPS) is 18.2. The minimum atomic E-state index is -0.450. The maximum absolute atomic E-state index is 11.7. The second-order valence-electron chi connectivity index (χ2n) is 4.58. The summed E-state index contributed by atoms with van der Waals surface area (Å²) in [7, 11) is 0. The molecule has 2 rings (SSSR count). The van der Waals surface area contributed by atoms with Gasteiger partial charge in [-0.3, -0.25) is 4.79 Å². The van der Waals surface area contributed by atoms with Crippen molar-refractivity contribution in [2.45, 2.75) is 38.7 Å². The highest BCUT2D eigenvalue weighted by molar-refractivity contribution is 5.93. The molecule has 1 atom stereocenters. The Bertz CT molecular complexity index is 383. The Kier molecular flexibility index (Phi) is 3.78. The summed E-state index contributed by atoms with van der Waals surface area (Å²) in [6, 6.07) is 0. The molecule has 0 aromatic carbocycles. The van der Waals surface area contributed by atoms with Gasteiger partial charge in [0.2, 0.25) is 0 Å². The first kappa shape index (κ1) is 12.1. The molecule has 0 saturated heterocycles. The van der Waals surface area contributed by atoms with Crippen molar-refractivity contribution in [2.24, 2.45) is 5.92 Å². The Morgan fingerprint density at radius 2 is 2.35 bits per heavy atom. The summed E-state index contributed by atoms with van der Waals surface area (Å²) in [4.78, 5) is 15.5. The van der Waals surface area contributed by atoms with Crippen LogP contribution in [0.4, 0.5) is 0 Å². The van der Waals surface area contributed by atoms with Crippen molar-refractivity contribution < 1.29 is 14.3 Å². The van der Waals surface area contributed by atoms with Crippen molar-refractivity contribution in [3.05, 3.63) is 17.8 Å². The third kappa shape index (κ3) is 2.85. The van der Waals surface area contributed by atoms with Crippen LogP contribution in [0.3, 0.4) is 0 Å². The second-order valence-corrected chi connectivity index (χ2v) is 4.58. The lowest BCUT2D eigenvalue weighted by atomic mass is 10.0. The van der Waals surface area contributed by atoms with E-state index in [1.54, 1.807) is 6.92 Å². The van der Waals surface area contributed by atoms with E-state index in [0.717, 1.165) is 12.8 Å². The van der Waals surface area contributed by atoms with E-state index in [1.807, 2.05) is 0 Å². The van der Waals surface area contributed by atoms with Crippen LogP contribution < -0.4 is 5.32 Å². The summed E-state index contributed by atoms with van der Waals surface area (Å²) in [5, 5.41) is 12.6. The number of oxazole rings is 1. The van der Waals surface area contributed by atoms with Crippen LogP contribution in [-0.4, -0.2) is 28.6 Å². The molecule has 1 heterocycles. The maximum atomic E-state index is 11.7. The van der Waals surface area contributed by atoms with Gasteiger partial charge < -0.3 is 14.8 Å². The van der Waals surface area contributed by atoms with E-state index in [1.165, 1.54) is 19.2 Å². The Hall–Kier alpha value is -1.36. The molecule has 2 N–H and O–H groups in total. The lowest BCUT2D eigenvalue weighted by molar-refractivity contribution is 0.0836. The third-order valence-corrected chi connectivity index (χ3v) is 3.38. The molecule has 1 aliphatic carbocycles. The Morgan fingerprint density at radius 1 is 1.65 bits per heavy atom. The zero-order valence-corrected chi connectivity index (χ0v) is 9.98.